The summed E-state index contributed by atoms with van der Waals surface area (Å²) in [6.07, 6.45) is -0.572. The van der Waals surface area contributed by atoms with Gasteiger partial charge >= 0.3 is 0 Å². The van der Waals surface area contributed by atoms with Crippen molar-refractivity contribution < 1.29 is 14.3 Å². The van der Waals surface area contributed by atoms with E-state index in [1.165, 1.54) is 14.2 Å². The average Bonchev–Trinajstić information content (AvgIpc) is 2.30. The summed E-state index contributed by atoms with van der Waals surface area (Å²) in [4.78, 5) is 11.4. The van der Waals surface area contributed by atoms with E-state index in [2.05, 4.69) is 15.9 Å². The second-order valence-electron chi connectivity index (χ2n) is 2.97. The summed E-state index contributed by atoms with van der Waals surface area (Å²) in [6.45, 7) is 0. The summed E-state index contributed by atoms with van der Waals surface area (Å²) in [5.41, 5.74) is 0.637. The maximum Gasteiger partial charge on any atom is 0.181 e. The van der Waals surface area contributed by atoms with E-state index in [4.69, 9.17) is 9.47 Å². The van der Waals surface area contributed by atoms with Gasteiger partial charge in [0, 0.05) is 19.8 Å². The molecule has 0 aromatic heterocycles. The fraction of sp³-hybridized carbons (Fsp3) is 0.364. The Bertz CT molecular complexity index is 309. The van der Waals surface area contributed by atoms with Crippen molar-refractivity contribution in [3.8, 4) is 0 Å². The SMILES string of the molecule is COC(OC)C(Br)C(=O)c1ccccc1. The van der Waals surface area contributed by atoms with Crippen LogP contribution < -0.4 is 0 Å². The lowest BCUT2D eigenvalue weighted by Crippen LogP contribution is -2.31. The van der Waals surface area contributed by atoms with Gasteiger partial charge in [-0.25, -0.2) is 0 Å². The molecule has 0 aliphatic heterocycles. The van der Waals surface area contributed by atoms with E-state index in [0.29, 0.717) is 5.56 Å². The van der Waals surface area contributed by atoms with Crippen LogP contribution in [0, 0.1) is 0 Å². The maximum atomic E-state index is 11.9. The number of carbonyl (C=O) groups is 1. The summed E-state index contributed by atoms with van der Waals surface area (Å²) in [6, 6.07) is 9.03. The number of methoxy groups -OCH3 is 2. The lowest BCUT2D eigenvalue weighted by Gasteiger charge is -2.18. The molecule has 82 valence electrons. The van der Waals surface area contributed by atoms with Crippen molar-refractivity contribution in [3.05, 3.63) is 35.9 Å². The van der Waals surface area contributed by atoms with Crippen LogP contribution in [0.25, 0.3) is 0 Å². The molecule has 0 radical (unpaired) electrons. The number of carbonyl (C=O) groups excluding carboxylic acids is 1. The first-order valence-corrected chi connectivity index (χ1v) is 5.41. The minimum Gasteiger partial charge on any atom is -0.354 e. The summed E-state index contributed by atoms with van der Waals surface area (Å²) < 4.78 is 10.0. The van der Waals surface area contributed by atoms with Crippen molar-refractivity contribution in [3.63, 3.8) is 0 Å². The first-order valence-electron chi connectivity index (χ1n) is 4.49. The second kappa shape index (κ2) is 6.00. The lowest BCUT2D eigenvalue weighted by atomic mass is 10.1. The highest BCUT2D eigenvalue weighted by atomic mass is 79.9. The molecule has 3 nitrogen and oxygen atoms in total. The summed E-state index contributed by atoms with van der Waals surface area (Å²) in [5, 5.41) is 0. The number of hydrogen-bond donors (Lipinski definition) is 0. The van der Waals surface area contributed by atoms with Gasteiger partial charge in [-0.3, -0.25) is 4.79 Å². The third-order valence-corrected chi connectivity index (χ3v) is 2.86. The molecular formula is C11H13BrO3. The molecule has 4 heteroatoms. The molecule has 0 fully saturated rings. The Labute approximate surface area is 97.5 Å². The highest BCUT2D eigenvalue weighted by Gasteiger charge is 2.26. The quantitative estimate of drug-likeness (QED) is 0.469. The predicted octanol–water partition coefficient (Wildman–Crippen LogP) is 2.25. The standard InChI is InChI=1S/C11H13BrO3/c1-14-11(15-2)9(12)10(13)8-6-4-3-5-7-8/h3-7,9,11H,1-2H3. The van der Waals surface area contributed by atoms with Gasteiger partial charge in [0.15, 0.2) is 12.1 Å². The lowest BCUT2D eigenvalue weighted by molar-refractivity contribution is -0.0946. The highest BCUT2D eigenvalue weighted by Crippen LogP contribution is 2.16. The number of Topliss-reactive ketones (excluding diaryl/α,β-unsaturated/α-hetero) is 1. The maximum absolute atomic E-state index is 11.9. The van der Waals surface area contributed by atoms with Crippen LogP contribution in [0.4, 0.5) is 0 Å². The van der Waals surface area contributed by atoms with Crippen LogP contribution in [-0.4, -0.2) is 31.1 Å². The number of alkyl halides is 1. The topological polar surface area (TPSA) is 35.5 Å². The first-order chi connectivity index (χ1) is 7.20. The molecule has 1 rings (SSSR count). The van der Waals surface area contributed by atoms with Crippen molar-refractivity contribution in [1.82, 2.24) is 0 Å². The van der Waals surface area contributed by atoms with E-state index in [1.807, 2.05) is 18.2 Å². The van der Waals surface area contributed by atoms with Crippen molar-refractivity contribution in [2.45, 2.75) is 11.1 Å². The Kier molecular flexibility index (Phi) is 4.94. The first kappa shape index (κ1) is 12.4. The minimum absolute atomic E-state index is 0.0516. The molecule has 1 atom stereocenters. The Morgan fingerprint density at radius 1 is 1.20 bits per heavy atom. The van der Waals surface area contributed by atoms with Crippen molar-refractivity contribution in [2.24, 2.45) is 0 Å². The van der Waals surface area contributed by atoms with Gasteiger partial charge in [-0.15, -0.1) is 0 Å². The zero-order valence-electron chi connectivity index (χ0n) is 8.64. The Morgan fingerprint density at radius 3 is 2.20 bits per heavy atom. The van der Waals surface area contributed by atoms with E-state index in [9.17, 15) is 4.79 Å². The van der Waals surface area contributed by atoms with Gasteiger partial charge in [0.25, 0.3) is 0 Å². The summed E-state index contributed by atoms with van der Waals surface area (Å²) in [7, 11) is 3.00. The number of ketones is 1. The largest absolute Gasteiger partial charge is 0.354 e. The predicted molar refractivity (Wildman–Crippen MR) is 61.3 cm³/mol. The highest BCUT2D eigenvalue weighted by molar-refractivity contribution is 9.10. The Balaban J connectivity index is 2.77. The van der Waals surface area contributed by atoms with Crippen LogP contribution in [0.15, 0.2) is 30.3 Å². The van der Waals surface area contributed by atoms with E-state index < -0.39 is 11.1 Å². The number of rotatable bonds is 5. The van der Waals surface area contributed by atoms with Crippen LogP contribution in [0.5, 0.6) is 0 Å². The zero-order valence-corrected chi connectivity index (χ0v) is 10.2. The molecule has 0 spiro atoms. The molecule has 15 heavy (non-hydrogen) atoms. The van der Waals surface area contributed by atoms with Crippen molar-refractivity contribution in [1.29, 1.82) is 0 Å². The third-order valence-electron chi connectivity index (χ3n) is 2.01. The van der Waals surface area contributed by atoms with Gasteiger partial charge in [-0.2, -0.15) is 0 Å². The van der Waals surface area contributed by atoms with Gasteiger partial charge in [0.1, 0.15) is 4.83 Å². The van der Waals surface area contributed by atoms with Gasteiger partial charge in [0.2, 0.25) is 0 Å². The van der Waals surface area contributed by atoms with Gasteiger partial charge < -0.3 is 9.47 Å². The molecule has 1 unspecified atom stereocenters. The van der Waals surface area contributed by atoms with Gasteiger partial charge in [-0.05, 0) is 0 Å². The average molecular weight is 273 g/mol. The molecule has 0 N–H and O–H groups in total. The number of benzene rings is 1. The van der Waals surface area contributed by atoms with E-state index in [1.54, 1.807) is 12.1 Å². The number of hydrogen-bond acceptors (Lipinski definition) is 3. The minimum atomic E-state index is -0.572. The molecule has 0 saturated carbocycles. The molecule has 0 amide bonds. The van der Waals surface area contributed by atoms with Crippen LogP contribution in [0.3, 0.4) is 0 Å². The smallest absolute Gasteiger partial charge is 0.181 e. The molecule has 0 saturated heterocycles. The Morgan fingerprint density at radius 2 is 1.73 bits per heavy atom. The Hall–Kier alpha value is -0.710. The molecule has 0 heterocycles. The summed E-state index contributed by atoms with van der Waals surface area (Å²) >= 11 is 3.27. The third kappa shape index (κ3) is 3.12. The molecule has 1 aromatic carbocycles. The normalized spacial score (nSPS) is 12.8. The monoisotopic (exact) mass is 272 g/mol. The van der Waals surface area contributed by atoms with Crippen LogP contribution in [0.1, 0.15) is 10.4 Å². The van der Waals surface area contributed by atoms with Crippen molar-refractivity contribution >= 4 is 21.7 Å². The molecule has 0 bridgehead atoms. The fourth-order valence-corrected chi connectivity index (χ4v) is 1.92. The molecule has 0 aliphatic rings. The fourth-order valence-electron chi connectivity index (χ4n) is 1.22. The second-order valence-corrected chi connectivity index (χ2v) is 3.96. The molecular weight excluding hydrogens is 260 g/mol. The van der Waals surface area contributed by atoms with Crippen LogP contribution in [-0.2, 0) is 9.47 Å². The molecule has 1 aromatic rings. The zero-order chi connectivity index (χ0) is 11.3. The molecule has 0 aliphatic carbocycles. The number of ether oxygens (including phenoxy) is 2. The van der Waals surface area contributed by atoms with E-state index >= 15 is 0 Å². The van der Waals surface area contributed by atoms with Gasteiger partial charge in [-0.1, -0.05) is 46.3 Å². The van der Waals surface area contributed by atoms with Crippen molar-refractivity contribution in [2.75, 3.05) is 14.2 Å². The van der Waals surface area contributed by atoms with Gasteiger partial charge in [0.05, 0.1) is 0 Å². The van der Waals surface area contributed by atoms with E-state index in [-0.39, 0.29) is 5.78 Å². The summed E-state index contributed by atoms with van der Waals surface area (Å²) in [5.74, 6) is -0.0516. The van der Waals surface area contributed by atoms with Crippen LogP contribution in [0.2, 0.25) is 0 Å². The van der Waals surface area contributed by atoms with Crippen LogP contribution >= 0.6 is 15.9 Å². The number of halogens is 1. The van der Waals surface area contributed by atoms with E-state index in [0.717, 1.165) is 0 Å².